The molecule has 0 aliphatic rings. The number of carboxylic acids is 1. The van der Waals surface area contributed by atoms with Crippen LogP contribution in [0.4, 0.5) is 0 Å². The zero-order valence-electron chi connectivity index (χ0n) is 15.7. The minimum Gasteiger partial charge on any atom is -0.497 e. The fourth-order valence-corrected chi connectivity index (χ4v) is 4.52. The van der Waals surface area contributed by atoms with Crippen molar-refractivity contribution in [2.45, 2.75) is 37.8 Å². The van der Waals surface area contributed by atoms with Gasteiger partial charge in [0.05, 0.1) is 12.0 Å². The first kappa shape index (κ1) is 20.9. The summed E-state index contributed by atoms with van der Waals surface area (Å²) in [6, 6.07) is 13.8. The number of benzene rings is 2. The van der Waals surface area contributed by atoms with Crippen molar-refractivity contribution in [3.8, 4) is 5.75 Å². The fourth-order valence-electron chi connectivity index (χ4n) is 2.85. The molecule has 2 aromatic rings. The van der Waals surface area contributed by atoms with Gasteiger partial charge in [-0.05, 0) is 35.7 Å². The Balaban J connectivity index is 2.53. The van der Waals surface area contributed by atoms with Crippen molar-refractivity contribution in [1.29, 1.82) is 0 Å². The van der Waals surface area contributed by atoms with E-state index in [9.17, 15) is 18.3 Å². The standard InChI is InChI=1S/C20H25NO5S/c1-4-15(2)19(20(22)23)21(14-16-8-6-5-7-9-16)27(24,25)18-12-10-17(26-3)11-13-18/h5-13,15,19H,4,14H2,1-3H3,(H,22,23)/t15?,19-/m1/s1. The number of methoxy groups -OCH3 is 1. The Kier molecular flexibility index (Phi) is 6.98. The Labute approximate surface area is 160 Å². The van der Waals surface area contributed by atoms with Gasteiger partial charge in [0.2, 0.25) is 10.0 Å². The van der Waals surface area contributed by atoms with Crippen molar-refractivity contribution in [2.24, 2.45) is 5.92 Å². The number of sulfonamides is 1. The molecule has 0 aliphatic heterocycles. The monoisotopic (exact) mass is 391 g/mol. The SMILES string of the molecule is CCC(C)[C@H](C(=O)O)N(Cc1ccccc1)S(=O)(=O)c1ccc(OC)cc1. The minimum absolute atomic E-state index is 0.0174. The van der Waals surface area contributed by atoms with Crippen molar-refractivity contribution in [1.82, 2.24) is 4.31 Å². The maximum absolute atomic E-state index is 13.3. The maximum Gasteiger partial charge on any atom is 0.322 e. The lowest BCUT2D eigenvalue weighted by atomic mass is 9.99. The van der Waals surface area contributed by atoms with Gasteiger partial charge < -0.3 is 9.84 Å². The summed E-state index contributed by atoms with van der Waals surface area (Å²) >= 11 is 0. The number of hydrogen-bond donors (Lipinski definition) is 1. The third-order valence-corrected chi connectivity index (χ3v) is 6.44. The molecule has 0 saturated carbocycles. The first-order valence-corrected chi connectivity index (χ1v) is 10.2. The molecule has 0 aliphatic carbocycles. The molecule has 7 heteroatoms. The van der Waals surface area contributed by atoms with Gasteiger partial charge in [-0.2, -0.15) is 4.31 Å². The Morgan fingerprint density at radius 2 is 1.70 bits per heavy atom. The molecule has 2 rings (SSSR count). The van der Waals surface area contributed by atoms with E-state index in [2.05, 4.69) is 0 Å². The van der Waals surface area contributed by atoms with Crippen molar-refractivity contribution in [2.75, 3.05) is 7.11 Å². The third-order valence-electron chi connectivity index (χ3n) is 4.59. The minimum atomic E-state index is -4.03. The summed E-state index contributed by atoms with van der Waals surface area (Å²) in [6.07, 6.45) is 0.542. The molecule has 2 atom stereocenters. The molecule has 0 heterocycles. The molecule has 1 N–H and O–H groups in total. The fraction of sp³-hybridized carbons (Fsp3) is 0.350. The van der Waals surface area contributed by atoms with Gasteiger partial charge in [-0.3, -0.25) is 4.79 Å². The normalized spacial score (nSPS) is 13.9. The second-order valence-electron chi connectivity index (χ2n) is 6.38. The molecule has 0 bridgehead atoms. The van der Waals surface area contributed by atoms with Crippen molar-refractivity contribution in [3.63, 3.8) is 0 Å². The van der Waals surface area contributed by atoms with E-state index in [1.807, 2.05) is 13.0 Å². The quantitative estimate of drug-likeness (QED) is 0.708. The van der Waals surface area contributed by atoms with Crippen LogP contribution in [0.15, 0.2) is 59.5 Å². The molecule has 0 amide bonds. The van der Waals surface area contributed by atoms with Crippen LogP contribution in [0.5, 0.6) is 5.75 Å². The van der Waals surface area contributed by atoms with Crippen molar-refractivity contribution >= 4 is 16.0 Å². The number of hydrogen-bond acceptors (Lipinski definition) is 4. The lowest BCUT2D eigenvalue weighted by Gasteiger charge is -2.31. The predicted octanol–water partition coefficient (Wildman–Crippen LogP) is 3.39. The molecule has 0 aromatic heterocycles. The van der Waals surface area contributed by atoms with Crippen LogP contribution in [-0.4, -0.2) is 37.0 Å². The van der Waals surface area contributed by atoms with Crippen LogP contribution in [0.1, 0.15) is 25.8 Å². The third kappa shape index (κ3) is 4.87. The predicted molar refractivity (Wildman–Crippen MR) is 103 cm³/mol. The smallest absolute Gasteiger partial charge is 0.322 e. The summed E-state index contributed by atoms with van der Waals surface area (Å²) in [6.45, 7) is 3.58. The zero-order valence-corrected chi connectivity index (χ0v) is 16.5. The molecule has 2 aromatic carbocycles. The van der Waals surface area contributed by atoms with E-state index in [4.69, 9.17) is 4.74 Å². The van der Waals surface area contributed by atoms with Crippen LogP contribution in [0.3, 0.4) is 0 Å². The van der Waals surface area contributed by atoms with Gasteiger partial charge in [-0.1, -0.05) is 50.6 Å². The number of rotatable bonds is 9. The van der Waals surface area contributed by atoms with Crippen LogP contribution in [0.2, 0.25) is 0 Å². The van der Waals surface area contributed by atoms with Crippen LogP contribution < -0.4 is 4.74 Å². The summed E-state index contributed by atoms with van der Waals surface area (Å²) in [5.74, 6) is -0.975. The van der Waals surface area contributed by atoms with Crippen LogP contribution in [-0.2, 0) is 21.4 Å². The van der Waals surface area contributed by atoms with Gasteiger partial charge in [0, 0.05) is 6.54 Å². The van der Waals surface area contributed by atoms with Gasteiger partial charge >= 0.3 is 5.97 Å². The second-order valence-corrected chi connectivity index (χ2v) is 8.27. The van der Waals surface area contributed by atoms with E-state index < -0.39 is 22.0 Å². The summed E-state index contributed by atoms with van der Waals surface area (Å²) in [4.78, 5) is 12.0. The Hall–Kier alpha value is -2.38. The second kappa shape index (κ2) is 9.01. The summed E-state index contributed by atoms with van der Waals surface area (Å²) in [7, 11) is -2.53. The average molecular weight is 391 g/mol. The Morgan fingerprint density at radius 1 is 1.11 bits per heavy atom. The van der Waals surface area contributed by atoms with Crippen LogP contribution in [0.25, 0.3) is 0 Å². The van der Waals surface area contributed by atoms with Gasteiger partial charge in [0.15, 0.2) is 0 Å². The molecule has 6 nitrogen and oxygen atoms in total. The van der Waals surface area contributed by atoms with Gasteiger partial charge in [-0.15, -0.1) is 0 Å². The summed E-state index contributed by atoms with van der Waals surface area (Å²) in [5.41, 5.74) is 0.726. The number of carbonyl (C=O) groups is 1. The molecular formula is C20H25NO5S. The maximum atomic E-state index is 13.3. The molecule has 0 radical (unpaired) electrons. The topological polar surface area (TPSA) is 83.9 Å². The number of nitrogens with zero attached hydrogens (tertiary/aromatic N) is 1. The Bertz CT molecular complexity index is 850. The van der Waals surface area contributed by atoms with Gasteiger partial charge in [0.25, 0.3) is 0 Å². The lowest BCUT2D eigenvalue weighted by molar-refractivity contribution is -0.143. The van der Waals surface area contributed by atoms with E-state index in [1.54, 1.807) is 43.3 Å². The number of aliphatic carboxylic acids is 1. The summed E-state index contributed by atoms with van der Waals surface area (Å²) in [5, 5.41) is 9.79. The van der Waals surface area contributed by atoms with E-state index >= 15 is 0 Å². The average Bonchev–Trinajstić information content (AvgIpc) is 2.67. The van der Waals surface area contributed by atoms with Gasteiger partial charge in [0.1, 0.15) is 11.8 Å². The first-order valence-electron chi connectivity index (χ1n) is 8.73. The van der Waals surface area contributed by atoms with Crippen LogP contribution >= 0.6 is 0 Å². The van der Waals surface area contributed by atoms with Gasteiger partial charge in [-0.25, -0.2) is 8.42 Å². The highest BCUT2D eigenvalue weighted by molar-refractivity contribution is 7.89. The number of ether oxygens (including phenoxy) is 1. The molecule has 146 valence electrons. The first-order chi connectivity index (χ1) is 12.8. The van der Waals surface area contributed by atoms with Crippen LogP contribution in [0, 0.1) is 5.92 Å². The molecule has 27 heavy (non-hydrogen) atoms. The zero-order chi connectivity index (χ0) is 20.0. The van der Waals surface area contributed by atoms with E-state index in [0.29, 0.717) is 12.2 Å². The van der Waals surface area contributed by atoms with Crippen molar-refractivity contribution in [3.05, 3.63) is 60.2 Å². The van der Waals surface area contributed by atoms with E-state index in [1.165, 1.54) is 19.2 Å². The molecule has 1 unspecified atom stereocenters. The number of carboxylic acid groups (broad SMARTS) is 1. The molecule has 0 spiro atoms. The highest BCUT2D eigenvalue weighted by atomic mass is 32.2. The molecule has 0 saturated heterocycles. The Morgan fingerprint density at radius 3 is 2.19 bits per heavy atom. The van der Waals surface area contributed by atoms with E-state index in [-0.39, 0.29) is 17.4 Å². The largest absolute Gasteiger partial charge is 0.497 e. The highest BCUT2D eigenvalue weighted by Gasteiger charge is 2.38. The summed E-state index contributed by atoms with van der Waals surface area (Å²) < 4.78 is 32.8. The van der Waals surface area contributed by atoms with Crippen molar-refractivity contribution < 1.29 is 23.1 Å². The lowest BCUT2D eigenvalue weighted by Crippen LogP contribution is -2.48. The molecular weight excluding hydrogens is 366 g/mol. The highest BCUT2D eigenvalue weighted by Crippen LogP contribution is 2.27. The molecule has 0 fully saturated rings. The van der Waals surface area contributed by atoms with E-state index in [0.717, 1.165) is 9.87 Å².